The normalized spacial score (nSPS) is 12.7. The lowest BCUT2D eigenvalue weighted by atomic mass is 10.0. The minimum atomic E-state index is -0.200. The van der Waals surface area contributed by atoms with Gasteiger partial charge in [0.2, 0.25) is 0 Å². The van der Waals surface area contributed by atoms with Crippen molar-refractivity contribution in [2.24, 2.45) is 4.99 Å². The van der Waals surface area contributed by atoms with Crippen molar-refractivity contribution in [3.63, 3.8) is 0 Å². The van der Waals surface area contributed by atoms with Crippen LogP contribution in [0.2, 0.25) is 0 Å². The van der Waals surface area contributed by atoms with Gasteiger partial charge in [0.1, 0.15) is 5.82 Å². The zero-order chi connectivity index (χ0) is 16.5. The highest BCUT2D eigenvalue weighted by molar-refractivity contribution is 5.79. The second-order valence-corrected chi connectivity index (χ2v) is 5.57. The minimum absolute atomic E-state index is 0.200. The number of hydrogen-bond acceptors (Lipinski definition) is 1. The first-order valence-corrected chi connectivity index (χ1v) is 7.93. The van der Waals surface area contributed by atoms with Gasteiger partial charge >= 0.3 is 0 Å². The number of aliphatic imine (C=N–C) groups is 1. The molecule has 0 saturated carbocycles. The maximum Gasteiger partial charge on any atom is 0.191 e. The third kappa shape index (κ3) is 5.74. The summed E-state index contributed by atoms with van der Waals surface area (Å²) in [5, 5.41) is 6.63. The Morgan fingerprint density at radius 3 is 2.39 bits per heavy atom. The van der Waals surface area contributed by atoms with Gasteiger partial charge in [-0.15, -0.1) is 0 Å². The average molecular weight is 313 g/mol. The number of nitrogens with zero attached hydrogens (tertiary/aromatic N) is 1. The van der Waals surface area contributed by atoms with E-state index in [2.05, 4.69) is 46.8 Å². The average Bonchev–Trinajstić information content (AvgIpc) is 2.60. The monoisotopic (exact) mass is 313 g/mol. The van der Waals surface area contributed by atoms with Crippen LogP contribution < -0.4 is 10.6 Å². The SMILES string of the molecule is CN=C(NCCc1ccc(F)cc1)NCC(C)c1ccccc1. The molecule has 0 radical (unpaired) electrons. The zero-order valence-electron chi connectivity index (χ0n) is 13.7. The van der Waals surface area contributed by atoms with Gasteiger partial charge in [-0.3, -0.25) is 4.99 Å². The van der Waals surface area contributed by atoms with E-state index in [0.29, 0.717) is 5.92 Å². The number of benzene rings is 2. The van der Waals surface area contributed by atoms with Crippen LogP contribution in [0.25, 0.3) is 0 Å². The molecule has 23 heavy (non-hydrogen) atoms. The van der Waals surface area contributed by atoms with Crippen molar-refractivity contribution in [2.75, 3.05) is 20.1 Å². The third-order valence-electron chi connectivity index (χ3n) is 3.79. The van der Waals surface area contributed by atoms with Crippen LogP contribution >= 0.6 is 0 Å². The summed E-state index contributed by atoms with van der Waals surface area (Å²) in [6.45, 7) is 3.76. The van der Waals surface area contributed by atoms with Crippen LogP contribution in [0.5, 0.6) is 0 Å². The second-order valence-electron chi connectivity index (χ2n) is 5.57. The highest BCUT2D eigenvalue weighted by Gasteiger charge is 2.06. The summed E-state index contributed by atoms with van der Waals surface area (Å²) < 4.78 is 12.9. The van der Waals surface area contributed by atoms with Gasteiger partial charge in [-0.05, 0) is 35.6 Å². The molecular weight excluding hydrogens is 289 g/mol. The first-order chi connectivity index (χ1) is 11.2. The molecular formula is C19H24FN3. The molecule has 3 nitrogen and oxygen atoms in total. The fourth-order valence-corrected chi connectivity index (χ4v) is 2.35. The minimum Gasteiger partial charge on any atom is -0.356 e. The molecule has 0 aliphatic rings. The highest BCUT2D eigenvalue weighted by Crippen LogP contribution is 2.12. The number of guanidine groups is 1. The lowest BCUT2D eigenvalue weighted by Crippen LogP contribution is -2.39. The van der Waals surface area contributed by atoms with Crippen molar-refractivity contribution in [1.82, 2.24) is 10.6 Å². The van der Waals surface area contributed by atoms with Crippen molar-refractivity contribution in [2.45, 2.75) is 19.3 Å². The van der Waals surface area contributed by atoms with Gasteiger partial charge in [0.15, 0.2) is 5.96 Å². The van der Waals surface area contributed by atoms with Crippen LogP contribution in [0, 0.1) is 5.82 Å². The van der Waals surface area contributed by atoms with Gasteiger partial charge < -0.3 is 10.6 Å². The molecule has 1 atom stereocenters. The Hall–Kier alpha value is -2.36. The van der Waals surface area contributed by atoms with E-state index in [-0.39, 0.29) is 5.82 Å². The number of nitrogens with one attached hydrogen (secondary N) is 2. The molecule has 0 fully saturated rings. The summed E-state index contributed by atoms with van der Waals surface area (Å²) in [6, 6.07) is 17.0. The summed E-state index contributed by atoms with van der Waals surface area (Å²) >= 11 is 0. The molecule has 0 aromatic heterocycles. The van der Waals surface area contributed by atoms with E-state index >= 15 is 0 Å². The van der Waals surface area contributed by atoms with Crippen LogP contribution in [0.4, 0.5) is 4.39 Å². The van der Waals surface area contributed by atoms with E-state index < -0.39 is 0 Å². The molecule has 2 rings (SSSR count). The zero-order valence-corrected chi connectivity index (χ0v) is 13.7. The first-order valence-electron chi connectivity index (χ1n) is 7.93. The summed E-state index contributed by atoms with van der Waals surface area (Å²) in [7, 11) is 1.76. The third-order valence-corrected chi connectivity index (χ3v) is 3.79. The van der Waals surface area contributed by atoms with E-state index in [1.807, 2.05) is 18.2 Å². The lowest BCUT2D eigenvalue weighted by molar-refractivity contribution is 0.626. The fourth-order valence-electron chi connectivity index (χ4n) is 2.35. The second kappa shape index (κ2) is 8.93. The van der Waals surface area contributed by atoms with Crippen LogP contribution in [0.15, 0.2) is 59.6 Å². The quantitative estimate of drug-likeness (QED) is 0.634. The van der Waals surface area contributed by atoms with Gasteiger partial charge in [-0.25, -0.2) is 4.39 Å². The van der Waals surface area contributed by atoms with Gasteiger partial charge in [0, 0.05) is 20.1 Å². The van der Waals surface area contributed by atoms with Crippen LogP contribution in [0.1, 0.15) is 24.0 Å². The molecule has 2 aromatic carbocycles. The van der Waals surface area contributed by atoms with E-state index in [1.165, 1.54) is 17.7 Å². The largest absolute Gasteiger partial charge is 0.356 e. The van der Waals surface area contributed by atoms with Crippen molar-refractivity contribution in [3.8, 4) is 0 Å². The molecule has 2 N–H and O–H groups in total. The predicted octanol–water partition coefficient (Wildman–Crippen LogP) is 3.34. The van der Waals surface area contributed by atoms with Gasteiger partial charge in [-0.1, -0.05) is 49.4 Å². The highest BCUT2D eigenvalue weighted by atomic mass is 19.1. The Morgan fingerprint density at radius 1 is 1.04 bits per heavy atom. The Bertz CT molecular complexity index is 608. The number of hydrogen-bond donors (Lipinski definition) is 2. The van der Waals surface area contributed by atoms with E-state index in [1.54, 1.807) is 7.05 Å². The molecule has 0 heterocycles. The van der Waals surface area contributed by atoms with Crippen LogP contribution in [-0.4, -0.2) is 26.1 Å². The Kier molecular flexibility index (Phi) is 6.60. The maximum absolute atomic E-state index is 12.9. The lowest BCUT2D eigenvalue weighted by Gasteiger charge is -2.16. The molecule has 122 valence electrons. The van der Waals surface area contributed by atoms with E-state index in [0.717, 1.165) is 31.0 Å². The topological polar surface area (TPSA) is 36.4 Å². The summed E-state index contributed by atoms with van der Waals surface area (Å²) in [4.78, 5) is 4.23. The number of halogens is 1. The summed E-state index contributed by atoms with van der Waals surface area (Å²) in [5.41, 5.74) is 2.41. The van der Waals surface area contributed by atoms with E-state index in [9.17, 15) is 4.39 Å². The van der Waals surface area contributed by atoms with Crippen molar-refractivity contribution in [1.29, 1.82) is 0 Å². The van der Waals surface area contributed by atoms with Crippen molar-refractivity contribution < 1.29 is 4.39 Å². The van der Waals surface area contributed by atoms with E-state index in [4.69, 9.17) is 0 Å². The molecule has 2 aromatic rings. The van der Waals surface area contributed by atoms with Gasteiger partial charge in [0.05, 0.1) is 0 Å². The van der Waals surface area contributed by atoms with Crippen molar-refractivity contribution >= 4 is 5.96 Å². The molecule has 0 aliphatic carbocycles. The summed E-state index contributed by atoms with van der Waals surface area (Å²) in [6.07, 6.45) is 0.829. The smallest absolute Gasteiger partial charge is 0.191 e. The fraction of sp³-hybridized carbons (Fsp3) is 0.316. The Balaban J connectivity index is 1.74. The standard InChI is InChI=1S/C19H24FN3/c1-15(17-6-4-3-5-7-17)14-23-19(21-2)22-13-12-16-8-10-18(20)11-9-16/h3-11,15H,12-14H2,1-2H3,(H2,21,22,23). The molecule has 0 aliphatic heterocycles. The molecule has 0 saturated heterocycles. The maximum atomic E-state index is 12.9. The first kappa shape index (κ1) is 17.0. The molecule has 0 spiro atoms. The Labute approximate surface area is 137 Å². The predicted molar refractivity (Wildman–Crippen MR) is 94.3 cm³/mol. The Morgan fingerprint density at radius 2 is 1.74 bits per heavy atom. The van der Waals surface area contributed by atoms with Crippen molar-refractivity contribution in [3.05, 3.63) is 71.5 Å². The van der Waals surface area contributed by atoms with Gasteiger partial charge in [-0.2, -0.15) is 0 Å². The molecule has 1 unspecified atom stereocenters. The number of rotatable bonds is 6. The van der Waals surface area contributed by atoms with Gasteiger partial charge in [0.25, 0.3) is 0 Å². The molecule has 0 bridgehead atoms. The molecule has 0 amide bonds. The van der Waals surface area contributed by atoms with Crippen LogP contribution in [0.3, 0.4) is 0 Å². The summed E-state index contributed by atoms with van der Waals surface area (Å²) in [5.74, 6) is 0.996. The molecule has 4 heteroatoms. The van der Waals surface area contributed by atoms with Crippen LogP contribution in [-0.2, 0) is 6.42 Å².